The van der Waals surface area contributed by atoms with Crippen molar-refractivity contribution in [1.82, 2.24) is 0 Å². The van der Waals surface area contributed by atoms with E-state index in [9.17, 15) is 11.0 Å². The average molecular weight is 800 g/mol. The zero-order valence-corrected chi connectivity index (χ0v) is 34.3. The van der Waals surface area contributed by atoms with E-state index in [1.165, 1.54) is 4.90 Å². The van der Waals surface area contributed by atoms with E-state index < -0.39 is 17.5 Å². The molecule has 11 rings (SSSR count). The molecule has 0 spiro atoms. The summed E-state index contributed by atoms with van der Waals surface area (Å²) in [5.41, 5.74) is 10.5. The Bertz CT molecular complexity index is 3670. The fourth-order valence-corrected chi connectivity index (χ4v) is 9.08. The van der Waals surface area contributed by atoms with E-state index in [0.717, 1.165) is 66.4 Å². The number of hydrogen-bond donors (Lipinski definition) is 0. The van der Waals surface area contributed by atoms with Crippen LogP contribution >= 0.6 is 0 Å². The molecule has 0 fully saturated rings. The zero-order chi connectivity index (χ0) is 48.6. The lowest BCUT2D eigenvalue weighted by Gasteiger charge is -2.27. The van der Waals surface area contributed by atoms with Gasteiger partial charge in [0.2, 0.25) is 0 Å². The number of rotatable bonds is 8. The average Bonchev–Trinajstić information content (AvgIpc) is 3.63. The summed E-state index contributed by atoms with van der Waals surface area (Å²) < 4.78 is 77.3. The van der Waals surface area contributed by atoms with Gasteiger partial charge in [0.25, 0.3) is 0 Å². The van der Waals surface area contributed by atoms with Crippen LogP contribution in [0.3, 0.4) is 0 Å². The van der Waals surface area contributed by atoms with Gasteiger partial charge in [0.1, 0.15) is 0 Å². The molecule has 0 saturated heterocycles. The van der Waals surface area contributed by atoms with Crippen molar-refractivity contribution >= 4 is 27.8 Å². The summed E-state index contributed by atoms with van der Waals surface area (Å²) >= 11 is 0. The number of hydrogen-bond acceptors (Lipinski definition) is 1. The fourth-order valence-electron chi connectivity index (χ4n) is 9.08. The molecule has 0 radical (unpaired) electrons. The van der Waals surface area contributed by atoms with Gasteiger partial charge in [-0.2, -0.15) is 0 Å². The second kappa shape index (κ2) is 15.4. The van der Waals surface area contributed by atoms with Crippen LogP contribution in [0, 0.1) is 0 Å². The molecule has 0 heterocycles. The molecule has 1 heteroatoms. The van der Waals surface area contributed by atoms with Crippen molar-refractivity contribution in [2.24, 2.45) is 0 Å². The Morgan fingerprint density at radius 2 is 0.790 bits per heavy atom. The van der Waals surface area contributed by atoms with Gasteiger partial charge in [0.05, 0.1) is 11.0 Å². The molecule has 0 atom stereocenters. The SMILES string of the molecule is [2H]c1c([2H])c(N(c2ccc(-c3cccc(-c4ccc5ccccc5c4)c3)cc2)c2c([2H])c([2H])c(-c3cccc4c3C(C)(C)c3ccccc3-4)c([2H])c2[2H])c([2H])c([2H])c1-c1cccc(-c2ccccc2)c1. The molecule has 294 valence electrons. The third-order valence-corrected chi connectivity index (χ3v) is 12.2. The molecule has 1 aliphatic carbocycles. The van der Waals surface area contributed by atoms with Crippen molar-refractivity contribution in [3.63, 3.8) is 0 Å². The minimum Gasteiger partial charge on any atom is -0.311 e. The summed E-state index contributed by atoms with van der Waals surface area (Å²) in [5.74, 6) is 0. The molecule has 1 nitrogen and oxygen atoms in total. The molecule has 0 unspecified atom stereocenters. The lowest BCUT2D eigenvalue weighted by molar-refractivity contribution is 0.662. The summed E-state index contributed by atoms with van der Waals surface area (Å²) in [7, 11) is 0. The predicted octanol–water partition coefficient (Wildman–Crippen LogP) is 17.0. The van der Waals surface area contributed by atoms with Crippen molar-refractivity contribution in [1.29, 1.82) is 0 Å². The standard InChI is InChI=1S/C61H45N/c1-61(2)59-24-9-8-21-57(59)58-23-12-22-56(60(58)61)46-31-37-55(38-32-46)62(53-33-27-44(28-34-53)49-18-10-17-48(39-49)42-13-4-3-5-14-42)54-35-29-45(30-36-54)50-19-11-20-51(40-50)52-26-25-43-15-6-7-16-47(43)41-52/h3-41H,1-2H3/i27D,28D,31D,32D,33D,34D,37D,38D. The normalized spacial score (nSPS) is 14.3. The van der Waals surface area contributed by atoms with E-state index in [4.69, 9.17) is 0 Å². The first-order valence-corrected chi connectivity index (χ1v) is 20.9. The van der Waals surface area contributed by atoms with Gasteiger partial charge in [-0.1, -0.05) is 196 Å². The smallest absolute Gasteiger partial charge is 0.0645 e. The van der Waals surface area contributed by atoms with Crippen LogP contribution in [-0.4, -0.2) is 0 Å². The maximum Gasteiger partial charge on any atom is 0.0645 e. The topological polar surface area (TPSA) is 3.24 Å². The first kappa shape index (κ1) is 29.5. The van der Waals surface area contributed by atoms with Gasteiger partial charge in [0, 0.05) is 22.5 Å². The van der Waals surface area contributed by atoms with Gasteiger partial charge >= 0.3 is 0 Å². The zero-order valence-electron chi connectivity index (χ0n) is 42.3. The highest BCUT2D eigenvalue weighted by atomic mass is 15.1. The minimum atomic E-state index is -0.509. The number of anilines is 3. The van der Waals surface area contributed by atoms with Gasteiger partial charge in [0.15, 0.2) is 0 Å². The van der Waals surface area contributed by atoms with Crippen LogP contribution in [0.4, 0.5) is 17.1 Å². The van der Waals surface area contributed by atoms with E-state index in [-0.39, 0.29) is 58.8 Å². The van der Waals surface area contributed by atoms with Crippen molar-refractivity contribution in [3.8, 4) is 66.8 Å². The fraction of sp³-hybridized carbons (Fsp3) is 0.0492. The number of fused-ring (bicyclic) bond motifs is 4. The van der Waals surface area contributed by atoms with E-state index in [2.05, 4.69) is 68.4 Å². The molecule has 10 aromatic carbocycles. The maximum atomic E-state index is 9.79. The molecule has 0 amide bonds. The molecule has 62 heavy (non-hydrogen) atoms. The van der Waals surface area contributed by atoms with Gasteiger partial charge in [-0.15, -0.1) is 0 Å². The molecule has 0 aliphatic heterocycles. The van der Waals surface area contributed by atoms with Crippen molar-refractivity contribution in [2.75, 3.05) is 4.90 Å². The molecule has 1 aliphatic rings. The minimum absolute atomic E-state index is 0.106. The van der Waals surface area contributed by atoms with Crippen molar-refractivity contribution < 1.29 is 11.0 Å². The monoisotopic (exact) mass is 799 g/mol. The van der Waals surface area contributed by atoms with Crippen LogP contribution in [0.1, 0.15) is 35.9 Å². The lowest BCUT2D eigenvalue weighted by Crippen LogP contribution is -2.16. The summed E-state index contributed by atoms with van der Waals surface area (Å²) in [4.78, 5) is 1.37. The molecule has 0 aromatic heterocycles. The Labute approximate surface area is 376 Å². The van der Waals surface area contributed by atoms with Gasteiger partial charge in [-0.25, -0.2) is 0 Å². The molecular formula is C61H45N. The third-order valence-electron chi connectivity index (χ3n) is 12.2. The third kappa shape index (κ3) is 6.69. The summed E-state index contributed by atoms with van der Waals surface area (Å²) in [6.07, 6.45) is 0. The van der Waals surface area contributed by atoms with Gasteiger partial charge < -0.3 is 4.90 Å². The molecule has 0 saturated carbocycles. The first-order chi connectivity index (χ1) is 33.8. The van der Waals surface area contributed by atoms with Crippen LogP contribution in [0.15, 0.2) is 236 Å². The summed E-state index contributed by atoms with van der Waals surface area (Å²) in [5, 5.41) is 2.30. The Morgan fingerprint density at radius 3 is 1.48 bits per heavy atom. The largest absolute Gasteiger partial charge is 0.311 e. The highest BCUT2D eigenvalue weighted by Crippen LogP contribution is 2.52. The van der Waals surface area contributed by atoms with Crippen LogP contribution < -0.4 is 4.90 Å². The lowest BCUT2D eigenvalue weighted by atomic mass is 9.79. The maximum absolute atomic E-state index is 9.79. The van der Waals surface area contributed by atoms with E-state index in [1.54, 1.807) is 18.2 Å². The van der Waals surface area contributed by atoms with Crippen LogP contribution in [0.2, 0.25) is 0 Å². The Hall–Kier alpha value is -7.74. The Balaban J connectivity index is 1.08. The quantitative estimate of drug-likeness (QED) is 0.148. The number of nitrogens with zero attached hydrogens (tertiary/aromatic N) is 1. The van der Waals surface area contributed by atoms with E-state index in [1.807, 2.05) is 115 Å². The van der Waals surface area contributed by atoms with Crippen molar-refractivity contribution in [2.45, 2.75) is 19.3 Å². The Morgan fingerprint density at radius 1 is 0.323 bits per heavy atom. The summed E-state index contributed by atoms with van der Waals surface area (Å²) in [6, 6.07) is 58.5. The first-order valence-electron chi connectivity index (χ1n) is 24.9. The summed E-state index contributed by atoms with van der Waals surface area (Å²) in [6.45, 7) is 4.22. The molecule has 10 aromatic rings. The molecule has 0 N–H and O–H groups in total. The van der Waals surface area contributed by atoms with Gasteiger partial charge in [-0.3, -0.25) is 0 Å². The second-order valence-corrected chi connectivity index (χ2v) is 16.3. The predicted molar refractivity (Wildman–Crippen MR) is 263 cm³/mol. The number of benzene rings is 10. The van der Waals surface area contributed by atoms with Gasteiger partial charge in [-0.05, 0) is 143 Å². The van der Waals surface area contributed by atoms with Crippen LogP contribution in [0.5, 0.6) is 0 Å². The van der Waals surface area contributed by atoms with Crippen LogP contribution in [0.25, 0.3) is 77.5 Å². The van der Waals surface area contributed by atoms with E-state index >= 15 is 0 Å². The van der Waals surface area contributed by atoms with Crippen LogP contribution in [-0.2, 0) is 5.41 Å². The molecule has 0 bridgehead atoms. The second-order valence-electron chi connectivity index (χ2n) is 16.3. The van der Waals surface area contributed by atoms with E-state index in [0.29, 0.717) is 16.8 Å². The highest BCUT2D eigenvalue weighted by Gasteiger charge is 2.37. The Kier molecular flexibility index (Phi) is 7.31. The highest BCUT2D eigenvalue weighted by molar-refractivity contribution is 5.90. The van der Waals surface area contributed by atoms with Crippen molar-refractivity contribution in [3.05, 3.63) is 248 Å². The molecular weight excluding hydrogens is 747 g/mol.